The first-order valence-corrected chi connectivity index (χ1v) is 6.26. The summed E-state index contributed by atoms with van der Waals surface area (Å²) in [4.78, 5) is 0. The Balaban J connectivity index is 2.24. The molecular formula is C16H17F2N. The summed E-state index contributed by atoms with van der Waals surface area (Å²) < 4.78 is 27.2. The molecule has 0 fully saturated rings. The number of hydrogen-bond donors (Lipinski definition) is 1. The lowest BCUT2D eigenvalue weighted by Crippen LogP contribution is -2.08. The number of hydrogen-bond acceptors (Lipinski definition) is 1. The van der Waals surface area contributed by atoms with Crippen LogP contribution in [0.3, 0.4) is 0 Å². The van der Waals surface area contributed by atoms with Crippen LogP contribution in [-0.4, -0.2) is 0 Å². The lowest BCUT2D eigenvalue weighted by molar-refractivity contribution is 0.593. The van der Waals surface area contributed by atoms with Crippen LogP contribution in [0.5, 0.6) is 0 Å². The SMILES string of the molecule is Cc1cccc(C(C)Nc2cc(F)c(C)cc2F)c1. The minimum Gasteiger partial charge on any atom is -0.376 e. The van der Waals surface area contributed by atoms with Gasteiger partial charge in [-0.05, 0) is 38.0 Å². The molecular weight excluding hydrogens is 244 g/mol. The lowest BCUT2D eigenvalue weighted by atomic mass is 10.1. The Morgan fingerprint density at radius 1 is 1.00 bits per heavy atom. The van der Waals surface area contributed by atoms with Crippen LogP contribution in [0.1, 0.15) is 29.7 Å². The molecule has 1 unspecified atom stereocenters. The zero-order chi connectivity index (χ0) is 14.0. The second kappa shape index (κ2) is 5.39. The molecule has 0 radical (unpaired) electrons. The van der Waals surface area contributed by atoms with Crippen molar-refractivity contribution in [2.24, 2.45) is 0 Å². The fraction of sp³-hybridized carbons (Fsp3) is 0.250. The van der Waals surface area contributed by atoms with Gasteiger partial charge in [-0.2, -0.15) is 0 Å². The number of nitrogens with one attached hydrogen (secondary N) is 1. The third kappa shape index (κ3) is 3.11. The summed E-state index contributed by atoms with van der Waals surface area (Å²) in [6.07, 6.45) is 0. The van der Waals surface area contributed by atoms with Crippen LogP contribution in [0.4, 0.5) is 14.5 Å². The molecule has 100 valence electrons. The molecule has 2 rings (SSSR count). The van der Waals surface area contributed by atoms with Crippen LogP contribution in [0, 0.1) is 25.5 Å². The van der Waals surface area contributed by atoms with Crippen LogP contribution in [0.2, 0.25) is 0 Å². The van der Waals surface area contributed by atoms with E-state index < -0.39 is 11.6 Å². The minimum absolute atomic E-state index is 0.0866. The summed E-state index contributed by atoms with van der Waals surface area (Å²) >= 11 is 0. The van der Waals surface area contributed by atoms with Crippen LogP contribution >= 0.6 is 0 Å². The van der Waals surface area contributed by atoms with Gasteiger partial charge in [-0.1, -0.05) is 29.8 Å². The topological polar surface area (TPSA) is 12.0 Å². The number of aryl methyl sites for hydroxylation is 2. The Morgan fingerprint density at radius 3 is 2.42 bits per heavy atom. The van der Waals surface area contributed by atoms with Crippen LogP contribution in [0.25, 0.3) is 0 Å². The van der Waals surface area contributed by atoms with E-state index in [1.807, 2.05) is 38.1 Å². The Kier molecular flexibility index (Phi) is 3.84. The Morgan fingerprint density at radius 2 is 1.74 bits per heavy atom. The van der Waals surface area contributed by atoms with Crippen molar-refractivity contribution in [3.05, 3.63) is 64.7 Å². The summed E-state index contributed by atoms with van der Waals surface area (Å²) in [6.45, 7) is 5.47. The molecule has 0 saturated heterocycles. The van der Waals surface area contributed by atoms with E-state index in [9.17, 15) is 8.78 Å². The minimum atomic E-state index is -0.432. The maximum absolute atomic E-state index is 13.8. The molecule has 0 aliphatic rings. The zero-order valence-electron chi connectivity index (χ0n) is 11.3. The quantitative estimate of drug-likeness (QED) is 0.840. The van der Waals surface area contributed by atoms with Crippen LogP contribution < -0.4 is 5.32 Å². The molecule has 3 heteroatoms. The van der Waals surface area contributed by atoms with Crippen molar-refractivity contribution in [2.45, 2.75) is 26.8 Å². The van der Waals surface area contributed by atoms with Crippen LogP contribution in [0.15, 0.2) is 36.4 Å². The van der Waals surface area contributed by atoms with Crippen molar-refractivity contribution in [2.75, 3.05) is 5.32 Å². The molecule has 0 aliphatic heterocycles. The average molecular weight is 261 g/mol. The van der Waals surface area contributed by atoms with E-state index >= 15 is 0 Å². The smallest absolute Gasteiger partial charge is 0.146 e. The highest BCUT2D eigenvalue weighted by Crippen LogP contribution is 2.24. The molecule has 0 heterocycles. The third-order valence-corrected chi connectivity index (χ3v) is 3.16. The summed E-state index contributed by atoms with van der Waals surface area (Å²) in [5.74, 6) is -0.834. The largest absolute Gasteiger partial charge is 0.376 e. The lowest BCUT2D eigenvalue weighted by Gasteiger charge is -2.17. The Bertz CT molecular complexity index is 593. The van der Waals surface area contributed by atoms with E-state index in [1.165, 1.54) is 12.1 Å². The van der Waals surface area contributed by atoms with Crippen molar-refractivity contribution in [3.63, 3.8) is 0 Å². The second-order valence-corrected chi connectivity index (χ2v) is 4.86. The molecule has 2 aromatic carbocycles. The van der Waals surface area contributed by atoms with Crippen LogP contribution in [-0.2, 0) is 0 Å². The second-order valence-electron chi connectivity index (χ2n) is 4.86. The standard InChI is InChI=1S/C16H17F2N/c1-10-5-4-6-13(7-10)12(3)19-16-9-14(17)11(2)8-15(16)18/h4-9,12,19H,1-3H3. The Hall–Kier alpha value is -1.90. The van der Waals surface area contributed by atoms with Crippen molar-refractivity contribution < 1.29 is 8.78 Å². The molecule has 0 bridgehead atoms. The average Bonchev–Trinajstić information content (AvgIpc) is 2.36. The molecule has 19 heavy (non-hydrogen) atoms. The highest BCUT2D eigenvalue weighted by atomic mass is 19.1. The molecule has 1 N–H and O–H groups in total. The van der Waals surface area contributed by atoms with Crippen molar-refractivity contribution in [1.29, 1.82) is 0 Å². The predicted octanol–water partition coefficient (Wildman–Crippen LogP) is 4.75. The molecule has 0 amide bonds. The van der Waals surface area contributed by atoms with E-state index in [4.69, 9.17) is 0 Å². The van der Waals surface area contributed by atoms with E-state index in [0.29, 0.717) is 5.56 Å². The first-order chi connectivity index (χ1) is 8.97. The van der Waals surface area contributed by atoms with Gasteiger partial charge in [0.2, 0.25) is 0 Å². The Labute approximate surface area is 112 Å². The fourth-order valence-electron chi connectivity index (χ4n) is 2.01. The van der Waals surface area contributed by atoms with Gasteiger partial charge in [0, 0.05) is 12.1 Å². The van der Waals surface area contributed by atoms with Gasteiger partial charge in [-0.3, -0.25) is 0 Å². The normalized spacial score (nSPS) is 12.3. The molecule has 1 nitrogen and oxygen atoms in total. The highest BCUT2D eigenvalue weighted by molar-refractivity contribution is 5.48. The summed E-state index contributed by atoms with van der Waals surface area (Å²) in [5.41, 5.74) is 2.69. The third-order valence-electron chi connectivity index (χ3n) is 3.16. The molecule has 1 atom stereocenters. The monoisotopic (exact) mass is 261 g/mol. The summed E-state index contributed by atoms with van der Waals surface area (Å²) in [6, 6.07) is 10.3. The van der Waals surface area contributed by atoms with Crippen molar-refractivity contribution in [1.82, 2.24) is 0 Å². The van der Waals surface area contributed by atoms with Gasteiger partial charge >= 0.3 is 0 Å². The van der Waals surface area contributed by atoms with Gasteiger partial charge in [0.1, 0.15) is 11.6 Å². The number of anilines is 1. The summed E-state index contributed by atoms with van der Waals surface area (Å²) in [7, 11) is 0. The summed E-state index contributed by atoms with van der Waals surface area (Å²) in [5, 5.41) is 3.01. The van der Waals surface area contributed by atoms with Gasteiger partial charge in [0.05, 0.1) is 5.69 Å². The predicted molar refractivity (Wildman–Crippen MR) is 74.3 cm³/mol. The van der Waals surface area contributed by atoms with E-state index in [-0.39, 0.29) is 11.7 Å². The molecule has 0 aliphatic carbocycles. The molecule has 0 aromatic heterocycles. The van der Waals surface area contributed by atoms with Gasteiger partial charge < -0.3 is 5.32 Å². The van der Waals surface area contributed by atoms with E-state index in [2.05, 4.69) is 5.32 Å². The van der Waals surface area contributed by atoms with Gasteiger partial charge in [0.25, 0.3) is 0 Å². The molecule has 2 aromatic rings. The maximum Gasteiger partial charge on any atom is 0.146 e. The maximum atomic E-state index is 13.8. The zero-order valence-corrected chi connectivity index (χ0v) is 11.3. The van der Waals surface area contributed by atoms with Gasteiger partial charge in [-0.15, -0.1) is 0 Å². The highest BCUT2D eigenvalue weighted by Gasteiger charge is 2.11. The molecule has 0 saturated carbocycles. The van der Waals surface area contributed by atoms with Crippen molar-refractivity contribution in [3.8, 4) is 0 Å². The fourth-order valence-corrected chi connectivity index (χ4v) is 2.01. The first kappa shape index (κ1) is 13.5. The number of rotatable bonds is 3. The van der Waals surface area contributed by atoms with E-state index in [0.717, 1.165) is 11.1 Å². The van der Waals surface area contributed by atoms with E-state index in [1.54, 1.807) is 6.92 Å². The van der Waals surface area contributed by atoms with Gasteiger partial charge in [-0.25, -0.2) is 8.78 Å². The van der Waals surface area contributed by atoms with Crippen molar-refractivity contribution >= 4 is 5.69 Å². The number of benzene rings is 2. The molecule has 0 spiro atoms. The number of halogens is 2. The van der Waals surface area contributed by atoms with Gasteiger partial charge in [0.15, 0.2) is 0 Å². The first-order valence-electron chi connectivity index (χ1n) is 6.26.